The number of amides is 2. The summed E-state index contributed by atoms with van der Waals surface area (Å²) in [5.74, 6) is -2.14. The Kier molecular flexibility index (Phi) is 11.0. The monoisotopic (exact) mass is 712 g/mol. The number of sulfonamides is 1. The molecule has 4 atom stereocenters. The molecule has 3 aromatic rings. The van der Waals surface area contributed by atoms with Crippen LogP contribution in [-0.4, -0.2) is 83.3 Å². The van der Waals surface area contributed by atoms with E-state index in [4.69, 9.17) is 23.2 Å². The van der Waals surface area contributed by atoms with Crippen LogP contribution in [0.5, 0.6) is 0 Å². The number of halogens is 2. The SMILES string of the molecule is CC1CCCN([C@@H]2C[C@@H](C(=O)N[C@@H](Cc3ccc(NC(=O)c4c(Cl)cncc4Cl)cc3)C(=O)O)N(S(=O)(=O)c3cccc(C#N)c3)C2)C1. The molecule has 1 unspecified atom stereocenters. The molecular weight excluding hydrogens is 679 g/mol. The predicted octanol–water partition coefficient (Wildman–Crippen LogP) is 4.19. The first-order chi connectivity index (χ1) is 22.9. The molecule has 1 aromatic heterocycles. The van der Waals surface area contributed by atoms with Gasteiger partial charge in [-0.3, -0.25) is 19.5 Å². The first kappa shape index (κ1) is 35.3. The number of nitrogens with one attached hydrogen (secondary N) is 2. The number of pyridine rings is 1. The fraction of sp³-hybridized carbons (Fsp3) is 0.364. The predicted molar refractivity (Wildman–Crippen MR) is 179 cm³/mol. The Morgan fingerprint density at radius 2 is 1.81 bits per heavy atom. The molecule has 3 heterocycles. The molecule has 48 heavy (non-hydrogen) atoms. The van der Waals surface area contributed by atoms with Crippen LogP contribution in [0.25, 0.3) is 0 Å². The van der Waals surface area contributed by atoms with Crippen molar-refractivity contribution in [3.63, 3.8) is 0 Å². The number of likely N-dealkylation sites (tertiary alicyclic amines) is 1. The normalized spacial score (nSPS) is 20.8. The summed E-state index contributed by atoms with van der Waals surface area (Å²) in [6.07, 6.45) is 4.71. The summed E-state index contributed by atoms with van der Waals surface area (Å²) in [5, 5.41) is 24.8. The largest absolute Gasteiger partial charge is 0.480 e. The van der Waals surface area contributed by atoms with Crippen LogP contribution in [0.2, 0.25) is 10.0 Å². The highest BCUT2D eigenvalue weighted by molar-refractivity contribution is 7.89. The van der Waals surface area contributed by atoms with Crippen molar-refractivity contribution in [2.75, 3.05) is 25.0 Å². The van der Waals surface area contributed by atoms with Gasteiger partial charge in [0.2, 0.25) is 15.9 Å². The second-order valence-electron chi connectivity index (χ2n) is 12.1. The van der Waals surface area contributed by atoms with Gasteiger partial charge in [0.25, 0.3) is 5.91 Å². The van der Waals surface area contributed by atoms with Gasteiger partial charge in [-0.2, -0.15) is 9.57 Å². The van der Waals surface area contributed by atoms with Crippen LogP contribution in [0.1, 0.15) is 47.7 Å². The second-order valence-corrected chi connectivity index (χ2v) is 14.8. The van der Waals surface area contributed by atoms with E-state index in [1.807, 2.05) is 6.07 Å². The maximum Gasteiger partial charge on any atom is 0.326 e. The van der Waals surface area contributed by atoms with Crippen LogP contribution in [0.4, 0.5) is 5.69 Å². The standard InChI is InChI=1S/C33H34Cl2N6O6S/c1-20-4-3-11-40(18-20)24-14-29(41(19-24)48(46,47)25-6-2-5-22(12-25)15-36)31(42)39-28(33(44)45)13-21-7-9-23(10-8-21)38-32(43)30-26(34)16-37-17-27(30)35/h2,5-10,12,16-17,20,24,28-29H,3-4,11,13-14,18-19H2,1H3,(H,38,43)(H,39,42)(H,44,45)/t20?,24-,28+,29+/m1/s1. The molecule has 15 heteroatoms. The van der Waals surface area contributed by atoms with E-state index < -0.39 is 39.9 Å². The number of rotatable bonds is 10. The summed E-state index contributed by atoms with van der Waals surface area (Å²) in [6, 6.07) is 11.2. The number of carboxylic acid groups (broad SMARTS) is 1. The second kappa shape index (κ2) is 15.0. The zero-order valence-electron chi connectivity index (χ0n) is 26.0. The van der Waals surface area contributed by atoms with E-state index >= 15 is 0 Å². The van der Waals surface area contributed by atoms with Crippen LogP contribution in [0.15, 0.2) is 65.8 Å². The summed E-state index contributed by atoms with van der Waals surface area (Å²) >= 11 is 12.1. The van der Waals surface area contributed by atoms with Crippen LogP contribution in [0.3, 0.4) is 0 Å². The number of aromatic nitrogens is 1. The maximum atomic E-state index is 13.9. The highest BCUT2D eigenvalue weighted by Gasteiger charge is 2.46. The van der Waals surface area contributed by atoms with Crippen molar-refractivity contribution in [3.8, 4) is 6.07 Å². The van der Waals surface area contributed by atoms with Crippen molar-refractivity contribution in [1.82, 2.24) is 19.5 Å². The van der Waals surface area contributed by atoms with Crippen molar-refractivity contribution in [2.24, 2.45) is 5.92 Å². The Morgan fingerprint density at radius 1 is 1.10 bits per heavy atom. The highest BCUT2D eigenvalue weighted by atomic mass is 35.5. The number of benzene rings is 2. The average Bonchev–Trinajstić information content (AvgIpc) is 3.52. The van der Waals surface area contributed by atoms with Gasteiger partial charge in [0.1, 0.15) is 12.1 Å². The Hall–Kier alpha value is -4.06. The molecule has 2 fully saturated rings. The first-order valence-corrected chi connectivity index (χ1v) is 17.6. The number of carbonyl (C=O) groups excluding carboxylic acids is 2. The van der Waals surface area contributed by atoms with Gasteiger partial charge in [-0.1, -0.05) is 48.3 Å². The molecule has 252 valence electrons. The van der Waals surface area contributed by atoms with Crippen molar-refractivity contribution in [3.05, 3.63) is 87.7 Å². The minimum Gasteiger partial charge on any atom is -0.480 e. The molecule has 0 saturated carbocycles. The van der Waals surface area contributed by atoms with E-state index in [9.17, 15) is 33.2 Å². The van der Waals surface area contributed by atoms with Gasteiger partial charge in [-0.05, 0) is 67.6 Å². The molecule has 2 aliphatic rings. The summed E-state index contributed by atoms with van der Waals surface area (Å²) in [6.45, 7) is 3.74. The van der Waals surface area contributed by atoms with Crippen molar-refractivity contribution in [2.45, 2.75) is 55.6 Å². The highest BCUT2D eigenvalue weighted by Crippen LogP contribution is 2.32. The maximum absolute atomic E-state index is 13.9. The van der Waals surface area contributed by atoms with Gasteiger partial charge in [0.05, 0.1) is 32.1 Å². The molecule has 0 aliphatic carbocycles. The Bertz CT molecular complexity index is 1830. The van der Waals surface area contributed by atoms with Gasteiger partial charge in [0.15, 0.2) is 0 Å². The van der Waals surface area contributed by atoms with E-state index in [0.717, 1.165) is 30.2 Å². The lowest BCUT2D eigenvalue weighted by molar-refractivity contribution is -0.142. The van der Waals surface area contributed by atoms with Crippen LogP contribution in [0, 0.1) is 17.2 Å². The minimum atomic E-state index is -4.21. The van der Waals surface area contributed by atoms with Gasteiger partial charge in [0, 0.05) is 43.6 Å². The summed E-state index contributed by atoms with van der Waals surface area (Å²) in [4.78, 5) is 44.8. The van der Waals surface area contributed by atoms with Crippen molar-refractivity contribution < 1.29 is 27.9 Å². The molecule has 0 bridgehead atoms. The van der Waals surface area contributed by atoms with E-state index in [1.165, 1.54) is 36.7 Å². The fourth-order valence-corrected chi connectivity index (χ4v) is 8.44. The topological polar surface area (TPSA) is 173 Å². The number of anilines is 1. The van der Waals surface area contributed by atoms with Crippen LogP contribution in [-0.2, 0) is 26.0 Å². The van der Waals surface area contributed by atoms with E-state index in [0.29, 0.717) is 17.2 Å². The fourth-order valence-electron chi connectivity index (χ4n) is 6.22. The average molecular weight is 714 g/mol. The zero-order valence-corrected chi connectivity index (χ0v) is 28.3. The van der Waals surface area contributed by atoms with E-state index in [2.05, 4.69) is 27.4 Å². The lowest BCUT2D eigenvalue weighted by Crippen LogP contribution is -2.51. The molecular formula is C33H34Cl2N6O6S. The van der Waals surface area contributed by atoms with Crippen molar-refractivity contribution in [1.29, 1.82) is 5.26 Å². The van der Waals surface area contributed by atoms with Crippen LogP contribution < -0.4 is 10.6 Å². The Balaban J connectivity index is 1.32. The molecule has 0 spiro atoms. The first-order valence-electron chi connectivity index (χ1n) is 15.4. The smallest absolute Gasteiger partial charge is 0.326 e. The molecule has 2 saturated heterocycles. The third-order valence-corrected chi connectivity index (χ3v) is 11.1. The number of piperidine rings is 1. The summed E-state index contributed by atoms with van der Waals surface area (Å²) in [5.41, 5.74) is 1.17. The zero-order chi connectivity index (χ0) is 34.6. The molecule has 0 radical (unpaired) electrons. The quantitative estimate of drug-likeness (QED) is 0.279. The van der Waals surface area contributed by atoms with E-state index in [-0.39, 0.29) is 51.5 Å². The van der Waals surface area contributed by atoms with Gasteiger partial charge < -0.3 is 15.7 Å². The molecule has 2 amide bonds. The number of hydrogen-bond acceptors (Lipinski definition) is 8. The van der Waals surface area contributed by atoms with Crippen LogP contribution >= 0.6 is 23.2 Å². The summed E-state index contributed by atoms with van der Waals surface area (Å²) in [7, 11) is -4.21. The summed E-state index contributed by atoms with van der Waals surface area (Å²) < 4.78 is 29.0. The van der Waals surface area contributed by atoms with Crippen molar-refractivity contribution >= 4 is 56.7 Å². The molecule has 5 rings (SSSR count). The Labute approximate surface area is 288 Å². The van der Waals surface area contributed by atoms with Gasteiger partial charge in [-0.25, -0.2) is 13.2 Å². The Morgan fingerprint density at radius 3 is 2.46 bits per heavy atom. The molecule has 2 aliphatic heterocycles. The number of hydrogen-bond donors (Lipinski definition) is 3. The number of carbonyl (C=O) groups is 3. The minimum absolute atomic E-state index is 0.0591. The molecule has 3 N–H and O–H groups in total. The third kappa shape index (κ3) is 7.97. The lowest BCUT2D eigenvalue weighted by atomic mass is 9.98. The number of nitrogens with zero attached hydrogens (tertiary/aromatic N) is 4. The number of carboxylic acids is 1. The number of nitriles is 1. The van der Waals surface area contributed by atoms with Gasteiger partial charge in [-0.15, -0.1) is 0 Å². The van der Waals surface area contributed by atoms with Gasteiger partial charge >= 0.3 is 5.97 Å². The molecule has 2 aromatic carbocycles. The lowest BCUT2D eigenvalue weighted by Gasteiger charge is -2.35. The number of aliphatic carboxylic acids is 1. The molecule has 12 nitrogen and oxygen atoms in total. The van der Waals surface area contributed by atoms with E-state index in [1.54, 1.807) is 24.3 Å². The third-order valence-electron chi connectivity index (χ3n) is 8.66.